The number of rotatable bonds is 3. The number of pyridine rings is 2. The van der Waals surface area contributed by atoms with Gasteiger partial charge in [-0.25, -0.2) is 0 Å². The molecule has 0 aliphatic carbocycles. The summed E-state index contributed by atoms with van der Waals surface area (Å²) in [5.41, 5.74) is 8.71. The Morgan fingerprint density at radius 1 is 1.10 bits per heavy atom. The molecule has 0 saturated heterocycles. The van der Waals surface area contributed by atoms with E-state index in [4.69, 9.17) is 5.73 Å². The van der Waals surface area contributed by atoms with E-state index in [1.165, 1.54) is 0 Å². The molecule has 3 N–H and O–H groups in total. The van der Waals surface area contributed by atoms with Gasteiger partial charge in [0.25, 0.3) is 0 Å². The predicted octanol–water partition coefficient (Wildman–Crippen LogP) is 2.39. The van der Waals surface area contributed by atoms with E-state index < -0.39 is 0 Å². The fraction of sp³-hybridized carbons (Fsp3) is 0.0625. The topological polar surface area (TPSA) is 80.9 Å². The summed E-state index contributed by atoms with van der Waals surface area (Å²) in [6.07, 6.45) is 3.49. The smallest absolute Gasteiger partial charge is 0.230 e. The molecule has 0 bridgehead atoms. The van der Waals surface area contributed by atoms with Crippen molar-refractivity contribution < 1.29 is 4.79 Å². The van der Waals surface area contributed by atoms with Crippen LogP contribution < -0.4 is 11.1 Å². The molecule has 3 rings (SSSR count). The minimum absolute atomic E-state index is 0.108. The minimum atomic E-state index is -0.108. The number of nitrogen functional groups attached to an aromatic ring is 1. The quantitative estimate of drug-likeness (QED) is 0.721. The summed E-state index contributed by atoms with van der Waals surface area (Å²) in [7, 11) is 0. The van der Waals surface area contributed by atoms with E-state index in [0.29, 0.717) is 5.69 Å². The van der Waals surface area contributed by atoms with Crippen LogP contribution in [0, 0.1) is 0 Å². The summed E-state index contributed by atoms with van der Waals surface area (Å²) in [5.74, 6) is -0.108. The molecule has 0 radical (unpaired) electrons. The molecular formula is C16H14N4O. The van der Waals surface area contributed by atoms with Gasteiger partial charge < -0.3 is 11.1 Å². The Morgan fingerprint density at radius 3 is 2.71 bits per heavy atom. The third-order valence-corrected chi connectivity index (χ3v) is 3.08. The van der Waals surface area contributed by atoms with E-state index in [1.54, 1.807) is 30.6 Å². The van der Waals surface area contributed by atoms with Gasteiger partial charge in [0.05, 0.1) is 17.6 Å². The Balaban J connectivity index is 1.75. The zero-order chi connectivity index (χ0) is 14.7. The Bertz CT molecular complexity index is 787. The predicted molar refractivity (Wildman–Crippen MR) is 82.7 cm³/mol. The molecule has 1 aromatic carbocycles. The number of nitrogens with two attached hydrogens (primary N) is 1. The second kappa shape index (κ2) is 5.58. The third-order valence-electron chi connectivity index (χ3n) is 3.08. The monoisotopic (exact) mass is 278 g/mol. The summed E-state index contributed by atoms with van der Waals surface area (Å²) in [5, 5.41) is 3.77. The molecule has 5 heteroatoms. The van der Waals surface area contributed by atoms with E-state index in [-0.39, 0.29) is 12.3 Å². The summed E-state index contributed by atoms with van der Waals surface area (Å²) in [6.45, 7) is 0. The number of fused-ring (bicyclic) bond motifs is 1. The van der Waals surface area contributed by atoms with Crippen LogP contribution in [0.1, 0.15) is 5.69 Å². The number of hydrogen-bond donors (Lipinski definition) is 2. The first-order valence-corrected chi connectivity index (χ1v) is 6.56. The Morgan fingerprint density at radius 2 is 1.90 bits per heavy atom. The van der Waals surface area contributed by atoms with Crippen molar-refractivity contribution in [1.82, 2.24) is 9.97 Å². The van der Waals surface area contributed by atoms with Gasteiger partial charge in [0, 0.05) is 29.2 Å². The fourth-order valence-electron chi connectivity index (χ4n) is 2.09. The number of hydrogen-bond acceptors (Lipinski definition) is 4. The van der Waals surface area contributed by atoms with Crippen molar-refractivity contribution in [1.29, 1.82) is 0 Å². The molecule has 3 aromatic rings. The maximum absolute atomic E-state index is 12.0. The van der Waals surface area contributed by atoms with Crippen LogP contribution >= 0.6 is 0 Å². The summed E-state index contributed by atoms with van der Waals surface area (Å²) < 4.78 is 0. The van der Waals surface area contributed by atoms with Gasteiger partial charge in [-0.15, -0.1) is 0 Å². The van der Waals surface area contributed by atoms with E-state index in [9.17, 15) is 4.79 Å². The fourth-order valence-corrected chi connectivity index (χ4v) is 2.09. The number of benzene rings is 1. The van der Waals surface area contributed by atoms with Crippen molar-refractivity contribution in [2.75, 3.05) is 11.1 Å². The molecule has 0 spiro atoms. The number of anilines is 2. The van der Waals surface area contributed by atoms with Crippen molar-refractivity contribution in [3.63, 3.8) is 0 Å². The van der Waals surface area contributed by atoms with Crippen LogP contribution in [0.5, 0.6) is 0 Å². The van der Waals surface area contributed by atoms with E-state index in [0.717, 1.165) is 22.3 Å². The van der Waals surface area contributed by atoms with Crippen LogP contribution in [0.3, 0.4) is 0 Å². The Hall–Kier alpha value is -2.95. The average Bonchev–Trinajstić information content (AvgIpc) is 2.48. The van der Waals surface area contributed by atoms with Crippen LogP contribution in [-0.4, -0.2) is 15.9 Å². The lowest BCUT2D eigenvalue weighted by atomic mass is 10.1. The molecule has 5 nitrogen and oxygen atoms in total. The van der Waals surface area contributed by atoms with E-state index >= 15 is 0 Å². The first kappa shape index (κ1) is 13.1. The second-order valence-electron chi connectivity index (χ2n) is 4.72. The van der Waals surface area contributed by atoms with Crippen molar-refractivity contribution in [3.05, 3.63) is 60.6 Å². The van der Waals surface area contributed by atoms with Crippen LogP contribution in [0.25, 0.3) is 10.9 Å². The Labute approximate surface area is 121 Å². The lowest BCUT2D eigenvalue weighted by Gasteiger charge is -2.06. The van der Waals surface area contributed by atoms with E-state index in [1.807, 2.05) is 24.3 Å². The number of aromatic nitrogens is 2. The van der Waals surface area contributed by atoms with Crippen LogP contribution in [0.2, 0.25) is 0 Å². The number of amides is 1. The average molecular weight is 278 g/mol. The zero-order valence-corrected chi connectivity index (χ0v) is 11.3. The molecule has 0 aliphatic heterocycles. The summed E-state index contributed by atoms with van der Waals surface area (Å²) in [6, 6.07) is 12.8. The lowest BCUT2D eigenvalue weighted by Crippen LogP contribution is -2.15. The highest BCUT2D eigenvalue weighted by Gasteiger charge is 2.06. The molecule has 0 atom stereocenters. The highest BCUT2D eigenvalue weighted by Crippen LogP contribution is 2.16. The van der Waals surface area contributed by atoms with Crippen molar-refractivity contribution in [3.8, 4) is 0 Å². The van der Waals surface area contributed by atoms with Crippen LogP contribution in [0.4, 0.5) is 11.4 Å². The maximum Gasteiger partial charge on any atom is 0.230 e. The number of carbonyl (C=O) groups excluding carboxylic acids is 1. The molecule has 2 heterocycles. The molecule has 104 valence electrons. The highest BCUT2D eigenvalue weighted by molar-refractivity contribution is 5.92. The standard InChI is InChI=1S/C16H14N4O/c17-12-2-4-15-11(9-12)1-3-14(19-15)10-16(21)20-13-5-7-18-8-6-13/h1-9H,10,17H2,(H,18,20,21). The summed E-state index contributed by atoms with van der Waals surface area (Å²) in [4.78, 5) is 20.4. The minimum Gasteiger partial charge on any atom is -0.399 e. The molecular weight excluding hydrogens is 264 g/mol. The van der Waals surface area contributed by atoms with Gasteiger partial charge in [-0.05, 0) is 36.4 Å². The molecule has 2 aromatic heterocycles. The maximum atomic E-state index is 12.0. The molecule has 0 aliphatic rings. The first-order valence-electron chi connectivity index (χ1n) is 6.56. The van der Waals surface area contributed by atoms with Crippen molar-refractivity contribution >= 4 is 28.2 Å². The number of carbonyl (C=O) groups is 1. The third kappa shape index (κ3) is 3.14. The summed E-state index contributed by atoms with van der Waals surface area (Å²) >= 11 is 0. The largest absolute Gasteiger partial charge is 0.399 e. The van der Waals surface area contributed by atoms with Gasteiger partial charge >= 0.3 is 0 Å². The molecule has 1 amide bonds. The van der Waals surface area contributed by atoms with Gasteiger partial charge in [0.2, 0.25) is 5.91 Å². The zero-order valence-electron chi connectivity index (χ0n) is 11.3. The molecule has 0 fully saturated rings. The normalized spacial score (nSPS) is 10.5. The van der Waals surface area contributed by atoms with Gasteiger partial charge in [-0.1, -0.05) is 6.07 Å². The van der Waals surface area contributed by atoms with Crippen LogP contribution in [0.15, 0.2) is 54.9 Å². The molecule has 0 unspecified atom stereocenters. The van der Waals surface area contributed by atoms with E-state index in [2.05, 4.69) is 15.3 Å². The number of nitrogens with one attached hydrogen (secondary N) is 1. The second-order valence-corrected chi connectivity index (χ2v) is 4.72. The van der Waals surface area contributed by atoms with Gasteiger partial charge in [-0.3, -0.25) is 14.8 Å². The first-order chi connectivity index (χ1) is 10.2. The Kier molecular flexibility index (Phi) is 3.47. The van der Waals surface area contributed by atoms with Crippen LogP contribution in [-0.2, 0) is 11.2 Å². The van der Waals surface area contributed by atoms with Gasteiger partial charge in [-0.2, -0.15) is 0 Å². The molecule has 21 heavy (non-hydrogen) atoms. The lowest BCUT2D eigenvalue weighted by molar-refractivity contribution is -0.115. The highest BCUT2D eigenvalue weighted by atomic mass is 16.1. The number of nitrogens with zero attached hydrogens (tertiary/aromatic N) is 2. The SMILES string of the molecule is Nc1ccc2nc(CC(=O)Nc3ccncc3)ccc2c1. The van der Waals surface area contributed by atoms with Crippen molar-refractivity contribution in [2.24, 2.45) is 0 Å². The van der Waals surface area contributed by atoms with Gasteiger partial charge in [0.15, 0.2) is 0 Å². The van der Waals surface area contributed by atoms with Gasteiger partial charge in [0.1, 0.15) is 0 Å². The molecule has 0 saturated carbocycles. The van der Waals surface area contributed by atoms with Crippen molar-refractivity contribution in [2.45, 2.75) is 6.42 Å².